The summed E-state index contributed by atoms with van der Waals surface area (Å²) in [7, 11) is 0.180. The van der Waals surface area contributed by atoms with Crippen LogP contribution >= 0.6 is 15.9 Å². The Bertz CT molecular complexity index is 863. The Morgan fingerprint density at radius 2 is 2.08 bits per heavy atom. The smallest absolute Gasteiger partial charge is 0.298 e. The van der Waals surface area contributed by atoms with Gasteiger partial charge in [-0.15, -0.1) is 0 Å². The molecule has 25 heavy (non-hydrogen) atoms. The van der Waals surface area contributed by atoms with Crippen LogP contribution in [0, 0.1) is 10.1 Å². The molecule has 0 aliphatic carbocycles. The summed E-state index contributed by atoms with van der Waals surface area (Å²) in [5.41, 5.74) is -0.713. The minimum absolute atomic E-state index is 0.00175. The predicted octanol–water partition coefficient (Wildman–Crippen LogP) is 3.39. The molecule has 0 bridgehead atoms. The third kappa shape index (κ3) is 4.44. The number of hydrogen-bond acceptors (Lipinski definition) is 6. The lowest BCUT2D eigenvalue weighted by molar-refractivity contribution is -0.383. The molecular formula is C15H20BrN3O5Si. The van der Waals surface area contributed by atoms with E-state index in [2.05, 4.69) is 40.6 Å². The predicted molar refractivity (Wildman–Crippen MR) is 101 cm³/mol. The van der Waals surface area contributed by atoms with E-state index < -0.39 is 18.6 Å². The molecule has 0 fully saturated rings. The number of fused-ring (bicyclic) bond motifs is 1. The molecular weight excluding hydrogens is 410 g/mol. The Kier molecular flexibility index (Phi) is 5.96. The van der Waals surface area contributed by atoms with Crippen LogP contribution in [0.2, 0.25) is 25.7 Å². The van der Waals surface area contributed by atoms with Crippen LogP contribution in [0.5, 0.6) is 5.75 Å². The molecule has 2 rings (SSSR count). The minimum atomic E-state index is -1.24. The summed E-state index contributed by atoms with van der Waals surface area (Å²) < 4.78 is 12.1. The first-order valence-corrected chi connectivity index (χ1v) is 12.1. The number of methoxy groups -OCH3 is 1. The topological polar surface area (TPSA) is 96.5 Å². The fourth-order valence-electron chi connectivity index (χ4n) is 2.23. The molecule has 0 unspecified atom stereocenters. The number of nitro groups is 1. The summed E-state index contributed by atoms with van der Waals surface area (Å²) >= 11 is 3.13. The Balaban J connectivity index is 2.45. The number of aromatic nitrogens is 2. The fourth-order valence-corrected chi connectivity index (χ4v) is 3.54. The number of halogens is 1. The van der Waals surface area contributed by atoms with E-state index in [-0.39, 0.29) is 33.5 Å². The molecule has 1 aromatic carbocycles. The maximum Gasteiger partial charge on any atom is 0.298 e. The van der Waals surface area contributed by atoms with Crippen molar-refractivity contribution < 1.29 is 14.4 Å². The molecule has 0 aliphatic heterocycles. The second-order valence-corrected chi connectivity index (χ2v) is 13.2. The summed E-state index contributed by atoms with van der Waals surface area (Å²) in [5.74, 6) is 0.288. The largest absolute Gasteiger partial charge is 0.494 e. The van der Waals surface area contributed by atoms with Crippen molar-refractivity contribution in [3.8, 4) is 5.75 Å². The summed E-state index contributed by atoms with van der Waals surface area (Å²) in [6.45, 7) is 7.22. The van der Waals surface area contributed by atoms with Gasteiger partial charge in [-0.3, -0.25) is 19.5 Å². The normalized spacial score (nSPS) is 11.7. The van der Waals surface area contributed by atoms with Crippen LogP contribution in [-0.2, 0) is 11.5 Å². The highest BCUT2D eigenvalue weighted by Gasteiger charge is 2.25. The first kappa shape index (κ1) is 19.5. The van der Waals surface area contributed by atoms with Gasteiger partial charge in [0.1, 0.15) is 29.7 Å². The molecule has 0 saturated carbocycles. The number of hydrogen-bond donors (Lipinski definition) is 0. The molecule has 136 valence electrons. The van der Waals surface area contributed by atoms with Crippen molar-refractivity contribution in [1.82, 2.24) is 9.55 Å². The highest BCUT2D eigenvalue weighted by Crippen LogP contribution is 2.36. The van der Waals surface area contributed by atoms with Gasteiger partial charge in [0.05, 0.1) is 16.5 Å². The Morgan fingerprint density at radius 3 is 2.64 bits per heavy atom. The maximum atomic E-state index is 12.7. The van der Waals surface area contributed by atoms with E-state index >= 15 is 0 Å². The lowest BCUT2D eigenvalue weighted by atomic mass is 10.2. The van der Waals surface area contributed by atoms with Crippen molar-refractivity contribution in [3.05, 3.63) is 37.3 Å². The van der Waals surface area contributed by atoms with Gasteiger partial charge in [-0.2, -0.15) is 0 Å². The van der Waals surface area contributed by atoms with Crippen LogP contribution in [-0.4, -0.2) is 36.3 Å². The molecule has 1 heterocycles. The zero-order valence-electron chi connectivity index (χ0n) is 14.5. The Hall–Kier alpha value is -1.78. The van der Waals surface area contributed by atoms with Crippen molar-refractivity contribution in [3.63, 3.8) is 0 Å². The number of rotatable bonds is 7. The number of ether oxygens (including phenoxy) is 2. The van der Waals surface area contributed by atoms with Crippen molar-refractivity contribution in [1.29, 1.82) is 0 Å². The number of nitro benzene ring substituents is 1. The van der Waals surface area contributed by atoms with Gasteiger partial charge in [0, 0.05) is 20.7 Å². The summed E-state index contributed by atoms with van der Waals surface area (Å²) in [4.78, 5) is 27.7. The molecule has 0 N–H and O–H groups in total. The number of benzene rings is 1. The van der Waals surface area contributed by atoms with Crippen LogP contribution in [0.1, 0.15) is 0 Å². The summed E-state index contributed by atoms with van der Waals surface area (Å²) in [5, 5.41) is 11.3. The lowest BCUT2D eigenvalue weighted by Gasteiger charge is -2.16. The molecule has 0 atom stereocenters. The van der Waals surface area contributed by atoms with Crippen molar-refractivity contribution in [2.24, 2.45) is 0 Å². The summed E-state index contributed by atoms with van der Waals surface area (Å²) in [6, 6.07) is 2.39. The molecule has 8 nitrogen and oxygen atoms in total. The van der Waals surface area contributed by atoms with Crippen LogP contribution in [0.4, 0.5) is 5.69 Å². The molecule has 0 spiro atoms. The quantitative estimate of drug-likeness (QED) is 0.289. The third-order valence-electron chi connectivity index (χ3n) is 3.62. The van der Waals surface area contributed by atoms with Crippen LogP contribution in [0.3, 0.4) is 0 Å². The van der Waals surface area contributed by atoms with Crippen LogP contribution in [0.15, 0.2) is 21.7 Å². The van der Waals surface area contributed by atoms with E-state index in [9.17, 15) is 14.9 Å². The van der Waals surface area contributed by atoms with Gasteiger partial charge in [0.2, 0.25) is 0 Å². The van der Waals surface area contributed by atoms with Crippen molar-refractivity contribution in [2.75, 3.05) is 13.7 Å². The summed E-state index contributed by atoms with van der Waals surface area (Å²) in [6.07, 6.45) is 1.32. The van der Waals surface area contributed by atoms with Crippen LogP contribution in [0.25, 0.3) is 10.9 Å². The molecule has 10 heteroatoms. The maximum absolute atomic E-state index is 12.7. The SMILES string of the molecule is COc1cc(Br)c([N+](=O)[O-])c2c(=O)n(COCC[Si](C)(C)C)cnc12. The third-order valence-corrected chi connectivity index (χ3v) is 5.93. The Morgan fingerprint density at radius 1 is 1.40 bits per heavy atom. The molecule has 2 aromatic rings. The fraction of sp³-hybridized carbons (Fsp3) is 0.467. The van der Waals surface area contributed by atoms with Gasteiger partial charge in [0.15, 0.2) is 0 Å². The van der Waals surface area contributed by atoms with Gasteiger partial charge < -0.3 is 9.47 Å². The number of nitrogens with zero attached hydrogens (tertiary/aromatic N) is 3. The second-order valence-electron chi connectivity index (χ2n) is 6.76. The Labute approximate surface area is 154 Å². The van der Waals surface area contributed by atoms with E-state index in [4.69, 9.17) is 9.47 Å². The zero-order chi connectivity index (χ0) is 18.8. The van der Waals surface area contributed by atoms with E-state index in [0.717, 1.165) is 6.04 Å². The van der Waals surface area contributed by atoms with Gasteiger partial charge >= 0.3 is 0 Å². The molecule has 0 radical (unpaired) electrons. The zero-order valence-corrected chi connectivity index (χ0v) is 17.1. The highest BCUT2D eigenvalue weighted by molar-refractivity contribution is 9.10. The molecule has 1 aromatic heterocycles. The van der Waals surface area contributed by atoms with Gasteiger partial charge in [0.25, 0.3) is 11.2 Å². The lowest BCUT2D eigenvalue weighted by Crippen LogP contribution is -2.25. The van der Waals surface area contributed by atoms with Gasteiger partial charge in [-0.1, -0.05) is 19.6 Å². The van der Waals surface area contributed by atoms with E-state index in [1.807, 2.05) is 0 Å². The monoisotopic (exact) mass is 429 g/mol. The minimum Gasteiger partial charge on any atom is -0.494 e. The van der Waals surface area contributed by atoms with E-state index in [1.165, 1.54) is 24.1 Å². The van der Waals surface area contributed by atoms with Crippen LogP contribution < -0.4 is 10.3 Å². The highest BCUT2D eigenvalue weighted by atomic mass is 79.9. The molecule has 0 saturated heterocycles. The average Bonchev–Trinajstić information content (AvgIpc) is 2.51. The standard InChI is InChI=1S/C15H20BrN3O5Si/c1-23-11-7-10(16)14(19(21)22)12-13(11)17-8-18(15(12)20)9-24-5-6-25(2,3)4/h7-8H,5-6,9H2,1-4H3. The van der Waals surface area contributed by atoms with E-state index in [0.29, 0.717) is 6.61 Å². The van der Waals surface area contributed by atoms with Crippen molar-refractivity contribution in [2.45, 2.75) is 32.4 Å². The first-order valence-electron chi connectivity index (χ1n) is 7.63. The van der Waals surface area contributed by atoms with Crippen molar-refractivity contribution >= 4 is 40.6 Å². The van der Waals surface area contributed by atoms with Gasteiger partial charge in [-0.05, 0) is 22.0 Å². The molecule has 0 aliphatic rings. The molecule has 0 amide bonds. The van der Waals surface area contributed by atoms with Gasteiger partial charge in [-0.25, -0.2) is 4.98 Å². The first-order chi connectivity index (χ1) is 11.7. The average molecular weight is 430 g/mol. The second kappa shape index (κ2) is 7.62. The van der Waals surface area contributed by atoms with E-state index in [1.54, 1.807) is 0 Å².